The van der Waals surface area contributed by atoms with Crippen LogP contribution in [0.15, 0.2) is 67.3 Å². The first kappa shape index (κ1) is 20.9. The molecule has 0 unspecified atom stereocenters. The van der Waals surface area contributed by atoms with E-state index in [1.165, 1.54) is 0 Å². The van der Waals surface area contributed by atoms with Crippen molar-refractivity contribution in [3.05, 3.63) is 53.0 Å². The highest BCUT2D eigenvalue weighted by atomic mass is 79.9. The van der Waals surface area contributed by atoms with Crippen molar-refractivity contribution < 1.29 is 17.6 Å². The Balaban J connectivity index is 1.87. The van der Waals surface area contributed by atoms with Crippen LogP contribution in [0.2, 0.25) is 0 Å². The van der Waals surface area contributed by atoms with Crippen LogP contribution >= 0.6 is 15.9 Å². The normalized spacial score (nSPS) is 15.1. The van der Waals surface area contributed by atoms with Crippen LogP contribution in [0.25, 0.3) is 11.5 Å². The molecule has 2 aromatic carbocycles. The predicted molar refractivity (Wildman–Crippen MR) is 119 cm³/mol. The number of sulfone groups is 1. The van der Waals surface area contributed by atoms with E-state index in [-0.39, 0.29) is 15.8 Å². The number of hydrogen-bond donors (Lipinski definition) is 0. The number of halogens is 1. The molecule has 0 bridgehead atoms. The van der Waals surface area contributed by atoms with E-state index in [4.69, 9.17) is 9.15 Å². The molecule has 0 radical (unpaired) electrons. The van der Waals surface area contributed by atoms with Crippen molar-refractivity contribution in [2.24, 2.45) is 0 Å². The molecule has 1 saturated heterocycles. The Labute approximate surface area is 184 Å². The summed E-state index contributed by atoms with van der Waals surface area (Å²) in [6.45, 7) is 1.48. The second-order valence-electron chi connectivity index (χ2n) is 7.19. The molecule has 4 rings (SSSR count). The Morgan fingerprint density at radius 1 is 1.00 bits per heavy atom. The SMILES string of the molecule is COc1ccccc1-c1nc(S(=O)(=O)c2ccc(Br)cc2)c(N2CCCCCC2)o1. The van der Waals surface area contributed by atoms with E-state index in [0.29, 0.717) is 17.2 Å². The van der Waals surface area contributed by atoms with E-state index in [1.54, 1.807) is 37.4 Å². The minimum absolute atomic E-state index is 0.0485. The molecule has 30 heavy (non-hydrogen) atoms. The van der Waals surface area contributed by atoms with Crippen LogP contribution < -0.4 is 9.64 Å². The maximum Gasteiger partial charge on any atom is 0.236 e. The van der Waals surface area contributed by atoms with E-state index in [2.05, 4.69) is 20.9 Å². The number of rotatable bonds is 5. The summed E-state index contributed by atoms with van der Waals surface area (Å²) in [6, 6.07) is 13.9. The summed E-state index contributed by atoms with van der Waals surface area (Å²) in [4.78, 5) is 6.66. The number of para-hydroxylation sites is 1. The molecule has 1 aliphatic rings. The maximum absolute atomic E-state index is 13.5. The Morgan fingerprint density at radius 3 is 2.33 bits per heavy atom. The lowest BCUT2D eigenvalue weighted by atomic mass is 10.2. The van der Waals surface area contributed by atoms with Crippen molar-refractivity contribution in [1.82, 2.24) is 4.98 Å². The highest BCUT2D eigenvalue weighted by Crippen LogP contribution is 2.38. The second kappa shape index (κ2) is 8.81. The van der Waals surface area contributed by atoms with Gasteiger partial charge in [-0.2, -0.15) is 4.98 Å². The highest BCUT2D eigenvalue weighted by molar-refractivity contribution is 9.10. The van der Waals surface area contributed by atoms with Crippen molar-refractivity contribution in [3.8, 4) is 17.2 Å². The third-order valence-corrected chi connectivity index (χ3v) is 7.38. The molecule has 1 aliphatic heterocycles. The van der Waals surface area contributed by atoms with Crippen LogP contribution in [0.1, 0.15) is 25.7 Å². The largest absolute Gasteiger partial charge is 0.496 e. The molecule has 1 fully saturated rings. The van der Waals surface area contributed by atoms with Crippen molar-refractivity contribution in [1.29, 1.82) is 0 Å². The first-order valence-electron chi connectivity index (χ1n) is 9.90. The van der Waals surface area contributed by atoms with Crippen LogP contribution in [-0.2, 0) is 9.84 Å². The van der Waals surface area contributed by atoms with Gasteiger partial charge in [0.25, 0.3) is 0 Å². The summed E-state index contributed by atoms with van der Waals surface area (Å²) in [5.41, 5.74) is 0.619. The van der Waals surface area contributed by atoms with Gasteiger partial charge in [-0.1, -0.05) is 40.9 Å². The topological polar surface area (TPSA) is 72.6 Å². The van der Waals surface area contributed by atoms with E-state index >= 15 is 0 Å². The van der Waals surface area contributed by atoms with Crippen LogP contribution in [0.3, 0.4) is 0 Å². The minimum atomic E-state index is -3.86. The summed E-state index contributed by atoms with van der Waals surface area (Å²) in [6.07, 6.45) is 4.22. The van der Waals surface area contributed by atoms with Crippen molar-refractivity contribution in [2.75, 3.05) is 25.1 Å². The Morgan fingerprint density at radius 2 is 1.67 bits per heavy atom. The highest BCUT2D eigenvalue weighted by Gasteiger charge is 2.32. The van der Waals surface area contributed by atoms with Gasteiger partial charge >= 0.3 is 0 Å². The molecule has 0 spiro atoms. The zero-order chi connectivity index (χ0) is 21.1. The van der Waals surface area contributed by atoms with Crippen molar-refractivity contribution >= 4 is 31.7 Å². The van der Waals surface area contributed by atoms with Crippen LogP contribution in [0.4, 0.5) is 5.88 Å². The summed E-state index contributed by atoms with van der Waals surface area (Å²) in [5.74, 6) is 1.12. The average molecular weight is 491 g/mol. The number of methoxy groups -OCH3 is 1. The molecule has 2 heterocycles. The molecule has 3 aromatic rings. The number of hydrogen-bond acceptors (Lipinski definition) is 6. The molecule has 8 heteroatoms. The molecule has 0 atom stereocenters. The van der Waals surface area contributed by atoms with Gasteiger partial charge in [-0.05, 0) is 49.2 Å². The zero-order valence-corrected chi connectivity index (χ0v) is 19.1. The molecule has 0 saturated carbocycles. The standard InChI is InChI=1S/C22H23BrN2O4S/c1-28-19-9-5-4-8-18(19)20-24-21(22(29-20)25-14-6-2-3-7-15-25)30(26,27)17-12-10-16(23)11-13-17/h4-5,8-13H,2-3,6-7,14-15H2,1H3. The summed E-state index contributed by atoms with van der Waals surface area (Å²) in [7, 11) is -2.30. The molecule has 0 amide bonds. The number of benzene rings is 2. The first-order valence-corrected chi connectivity index (χ1v) is 12.2. The van der Waals surface area contributed by atoms with Gasteiger partial charge in [0.1, 0.15) is 5.75 Å². The van der Waals surface area contributed by atoms with Gasteiger partial charge in [0.15, 0.2) is 0 Å². The lowest BCUT2D eigenvalue weighted by Crippen LogP contribution is -2.25. The maximum atomic E-state index is 13.5. The van der Waals surface area contributed by atoms with Gasteiger partial charge in [0.05, 0.1) is 17.6 Å². The van der Waals surface area contributed by atoms with Crippen molar-refractivity contribution in [2.45, 2.75) is 35.6 Å². The second-order valence-corrected chi connectivity index (χ2v) is 9.97. The van der Waals surface area contributed by atoms with Crippen LogP contribution in [0, 0.1) is 0 Å². The fourth-order valence-corrected chi connectivity index (χ4v) is 5.19. The first-order chi connectivity index (χ1) is 14.5. The van der Waals surface area contributed by atoms with Gasteiger partial charge in [-0.15, -0.1) is 0 Å². The Kier molecular flexibility index (Phi) is 6.15. The third kappa shape index (κ3) is 4.11. The number of aromatic nitrogens is 1. The molecule has 158 valence electrons. The summed E-state index contributed by atoms with van der Waals surface area (Å²) in [5, 5.41) is -0.0485. The fraction of sp³-hybridized carbons (Fsp3) is 0.318. The molecule has 0 N–H and O–H groups in total. The average Bonchev–Trinajstić information content (AvgIpc) is 3.03. The molecule has 6 nitrogen and oxygen atoms in total. The monoisotopic (exact) mass is 490 g/mol. The quantitative estimate of drug-likeness (QED) is 0.481. The van der Waals surface area contributed by atoms with E-state index in [1.807, 2.05) is 23.1 Å². The van der Waals surface area contributed by atoms with E-state index < -0.39 is 9.84 Å². The third-order valence-electron chi connectivity index (χ3n) is 5.19. The van der Waals surface area contributed by atoms with E-state index in [0.717, 1.165) is 43.2 Å². The van der Waals surface area contributed by atoms with Gasteiger partial charge in [0.2, 0.25) is 26.6 Å². The van der Waals surface area contributed by atoms with E-state index in [9.17, 15) is 8.42 Å². The minimum Gasteiger partial charge on any atom is -0.496 e. The van der Waals surface area contributed by atoms with Gasteiger partial charge in [-0.25, -0.2) is 8.42 Å². The zero-order valence-electron chi connectivity index (χ0n) is 16.7. The summed E-state index contributed by atoms with van der Waals surface area (Å²) < 4.78 is 39.4. The molecular weight excluding hydrogens is 468 g/mol. The van der Waals surface area contributed by atoms with Crippen LogP contribution in [-0.4, -0.2) is 33.6 Å². The number of oxazole rings is 1. The Hall–Kier alpha value is -2.32. The number of nitrogens with zero attached hydrogens (tertiary/aromatic N) is 2. The lowest BCUT2D eigenvalue weighted by molar-refractivity contribution is 0.414. The lowest BCUT2D eigenvalue weighted by Gasteiger charge is -2.20. The van der Waals surface area contributed by atoms with Gasteiger partial charge in [0, 0.05) is 17.6 Å². The molecule has 0 aliphatic carbocycles. The summed E-state index contributed by atoms with van der Waals surface area (Å²) >= 11 is 3.35. The number of anilines is 1. The van der Waals surface area contributed by atoms with Gasteiger partial charge < -0.3 is 14.1 Å². The van der Waals surface area contributed by atoms with Crippen LogP contribution in [0.5, 0.6) is 5.75 Å². The molecular formula is C22H23BrN2O4S. The fourth-order valence-electron chi connectivity index (χ4n) is 3.61. The predicted octanol–water partition coefficient (Wildman–Crippen LogP) is 5.33. The van der Waals surface area contributed by atoms with Crippen molar-refractivity contribution in [3.63, 3.8) is 0 Å². The Bertz CT molecular complexity index is 1120. The van der Waals surface area contributed by atoms with Gasteiger partial charge in [-0.3, -0.25) is 0 Å². The smallest absolute Gasteiger partial charge is 0.236 e. The number of ether oxygens (including phenoxy) is 1. The molecule has 1 aromatic heterocycles.